The van der Waals surface area contributed by atoms with E-state index in [2.05, 4.69) is 15.5 Å². The van der Waals surface area contributed by atoms with Crippen molar-refractivity contribution < 1.29 is 37.4 Å². The largest absolute Gasteiger partial charge is 0.491 e. The predicted octanol–water partition coefficient (Wildman–Crippen LogP) is 5.32. The SMILES string of the molecule is CCCOc1ccc(-c2nc(-c3ccc4oc(C5(NC(=O)O)COC(C)(C)OC5)cc4c3)no2)cc1F. The van der Waals surface area contributed by atoms with Gasteiger partial charge in [0.15, 0.2) is 17.4 Å². The zero-order valence-electron chi connectivity index (χ0n) is 20.5. The molecule has 0 bridgehead atoms. The maximum atomic E-state index is 14.4. The number of benzene rings is 2. The maximum absolute atomic E-state index is 14.4. The van der Waals surface area contributed by atoms with E-state index in [1.165, 1.54) is 12.1 Å². The number of carboxylic acid groups (broad SMARTS) is 1. The molecule has 0 radical (unpaired) electrons. The van der Waals surface area contributed by atoms with Crippen molar-refractivity contribution in [1.82, 2.24) is 15.5 Å². The summed E-state index contributed by atoms with van der Waals surface area (Å²) < 4.78 is 42.6. The predicted molar refractivity (Wildman–Crippen MR) is 130 cm³/mol. The first-order valence-electron chi connectivity index (χ1n) is 11.8. The lowest BCUT2D eigenvalue weighted by Gasteiger charge is -2.41. The molecular weight excluding hydrogens is 485 g/mol. The van der Waals surface area contributed by atoms with Gasteiger partial charge in [0.05, 0.1) is 19.8 Å². The molecule has 11 heteroatoms. The van der Waals surface area contributed by atoms with Gasteiger partial charge in [0.1, 0.15) is 16.9 Å². The Bertz CT molecular complexity index is 1440. The quantitative estimate of drug-likeness (QED) is 0.338. The summed E-state index contributed by atoms with van der Waals surface area (Å²) >= 11 is 0. The van der Waals surface area contributed by atoms with Gasteiger partial charge in [-0.2, -0.15) is 4.98 Å². The smallest absolute Gasteiger partial charge is 0.405 e. The molecular formula is C26H26FN3O7. The van der Waals surface area contributed by atoms with E-state index >= 15 is 0 Å². The minimum Gasteiger partial charge on any atom is -0.491 e. The Morgan fingerprint density at radius 3 is 2.59 bits per heavy atom. The standard InChI is InChI=1S/C26H26FN3O7/c1-4-9-33-20-8-6-16(11-18(20)27)23-28-22(30-37-23)15-5-7-19-17(10-15)12-21(36-19)26(29-24(31)32)13-34-25(2,3)35-14-26/h5-8,10-12,29H,4,9,13-14H2,1-3H3,(H,31,32). The number of carbonyl (C=O) groups is 1. The number of hydrogen-bond acceptors (Lipinski definition) is 8. The van der Waals surface area contributed by atoms with Crippen LogP contribution in [0, 0.1) is 5.82 Å². The second-order valence-corrected chi connectivity index (χ2v) is 9.27. The summed E-state index contributed by atoms with van der Waals surface area (Å²) in [6.07, 6.45) is -0.457. The molecule has 1 aliphatic rings. The fraction of sp³-hybridized carbons (Fsp3) is 0.346. The Balaban J connectivity index is 1.42. The first-order chi connectivity index (χ1) is 17.7. The number of ether oxygens (including phenoxy) is 3. The van der Waals surface area contributed by atoms with Crippen molar-refractivity contribution in [1.29, 1.82) is 0 Å². The number of halogens is 1. The lowest BCUT2D eigenvalue weighted by Crippen LogP contribution is -2.58. The monoisotopic (exact) mass is 511 g/mol. The molecule has 1 aliphatic heterocycles. The zero-order chi connectivity index (χ0) is 26.2. The van der Waals surface area contributed by atoms with Gasteiger partial charge in [-0.25, -0.2) is 9.18 Å². The van der Waals surface area contributed by atoms with Crippen LogP contribution in [0.15, 0.2) is 51.4 Å². The second kappa shape index (κ2) is 9.49. The minimum absolute atomic E-state index is 0.0337. The van der Waals surface area contributed by atoms with E-state index in [0.29, 0.717) is 40.3 Å². The van der Waals surface area contributed by atoms with Crippen LogP contribution in [0.4, 0.5) is 9.18 Å². The van der Waals surface area contributed by atoms with E-state index < -0.39 is 23.2 Å². The zero-order valence-corrected chi connectivity index (χ0v) is 20.5. The van der Waals surface area contributed by atoms with E-state index in [0.717, 1.165) is 6.42 Å². The molecule has 10 nitrogen and oxygen atoms in total. The van der Waals surface area contributed by atoms with Crippen LogP contribution in [0.3, 0.4) is 0 Å². The van der Waals surface area contributed by atoms with Crippen molar-refractivity contribution in [3.05, 3.63) is 54.0 Å². The minimum atomic E-state index is -1.23. The Hall–Kier alpha value is -3.96. The third-order valence-electron chi connectivity index (χ3n) is 5.99. The first-order valence-corrected chi connectivity index (χ1v) is 11.8. The third-order valence-corrected chi connectivity index (χ3v) is 5.99. The number of nitrogens with zero attached hydrogens (tertiary/aromatic N) is 2. The van der Waals surface area contributed by atoms with Crippen LogP contribution in [0.2, 0.25) is 0 Å². The average molecular weight is 512 g/mol. The molecule has 4 aromatic rings. The number of amides is 1. The summed E-state index contributed by atoms with van der Waals surface area (Å²) in [6, 6.07) is 11.5. The molecule has 0 aliphatic carbocycles. The van der Waals surface area contributed by atoms with Crippen molar-refractivity contribution in [2.24, 2.45) is 0 Å². The van der Waals surface area contributed by atoms with Gasteiger partial charge in [-0.1, -0.05) is 12.1 Å². The van der Waals surface area contributed by atoms with Gasteiger partial charge in [-0.3, -0.25) is 0 Å². The van der Waals surface area contributed by atoms with Crippen molar-refractivity contribution in [2.75, 3.05) is 19.8 Å². The van der Waals surface area contributed by atoms with Crippen LogP contribution < -0.4 is 10.1 Å². The molecule has 2 aromatic heterocycles. The highest BCUT2D eigenvalue weighted by atomic mass is 19.1. The Labute approximate surface area is 211 Å². The number of rotatable bonds is 7. The van der Waals surface area contributed by atoms with Crippen LogP contribution in [0.1, 0.15) is 33.0 Å². The van der Waals surface area contributed by atoms with E-state index in [-0.39, 0.29) is 24.9 Å². The number of fused-ring (bicyclic) bond motifs is 1. The maximum Gasteiger partial charge on any atom is 0.405 e. The van der Waals surface area contributed by atoms with E-state index in [1.807, 2.05) is 6.92 Å². The van der Waals surface area contributed by atoms with Crippen molar-refractivity contribution in [3.63, 3.8) is 0 Å². The van der Waals surface area contributed by atoms with Gasteiger partial charge in [0.25, 0.3) is 5.89 Å². The van der Waals surface area contributed by atoms with Crippen LogP contribution in [-0.2, 0) is 15.0 Å². The lowest BCUT2D eigenvalue weighted by molar-refractivity contribution is -0.274. The van der Waals surface area contributed by atoms with Gasteiger partial charge in [-0.05, 0) is 62.7 Å². The highest BCUT2D eigenvalue weighted by Crippen LogP contribution is 2.36. The highest BCUT2D eigenvalue weighted by Gasteiger charge is 2.45. The Morgan fingerprint density at radius 1 is 1.14 bits per heavy atom. The van der Waals surface area contributed by atoms with Crippen LogP contribution in [-0.4, -0.2) is 46.9 Å². The number of nitrogens with one attached hydrogen (secondary N) is 1. The van der Waals surface area contributed by atoms with Gasteiger partial charge in [0.2, 0.25) is 5.82 Å². The number of aromatic nitrogens is 2. The normalized spacial score (nSPS) is 16.5. The molecule has 2 N–H and O–H groups in total. The molecule has 194 valence electrons. The summed E-state index contributed by atoms with van der Waals surface area (Å²) in [6.45, 7) is 5.94. The van der Waals surface area contributed by atoms with Crippen molar-refractivity contribution in [2.45, 2.75) is 38.5 Å². The molecule has 5 rings (SSSR count). The van der Waals surface area contributed by atoms with E-state index in [9.17, 15) is 14.3 Å². The topological polar surface area (TPSA) is 129 Å². The number of furan rings is 1. The molecule has 0 spiro atoms. The van der Waals surface area contributed by atoms with E-state index in [4.69, 9.17) is 23.2 Å². The first kappa shape index (κ1) is 24.7. The van der Waals surface area contributed by atoms with Crippen LogP contribution in [0.5, 0.6) is 5.75 Å². The molecule has 1 saturated heterocycles. The van der Waals surface area contributed by atoms with Gasteiger partial charge in [-0.15, -0.1) is 0 Å². The average Bonchev–Trinajstić information content (AvgIpc) is 3.52. The molecule has 0 unspecified atom stereocenters. The summed E-state index contributed by atoms with van der Waals surface area (Å²) in [5.41, 5.74) is 0.379. The lowest BCUT2D eigenvalue weighted by atomic mass is 9.96. The molecule has 37 heavy (non-hydrogen) atoms. The summed E-state index contributed by atoms with van der Waals surface area (Å²) in [5, 5.41) is 16.7. The summed E-state index contributed by atoms with van der Waals surface area (Å²) in [4.78, 5) is 16.0. The molecule has 3 heterocycles. The third kappa shape index (κ3) is 5.00. The molecule has 1 fully saturated rings. The second-order valence-electron chi connectivity index (χ2n) is 9.27. The van der Waals surface area contributed by atoms with Crippen molar-refractivity contribution >= 4 is 17.1 Å². The van der Waals surface area contributed by atoms with Crippen molar-refractivity contribution in [3.8, 4) is 28.6 Å². The van der Waals surface area contributed by atoms with Crippen LogP contribution >= 0.6 is 0 Å². The summed E-state index contributed by atoms with van der Waals surface area (Å²) in [5.74, 6) is -0.374. The molecule has 2 aromatic carbocycles. The molecule has 0 saturated carbocycles. The van der Waals surface area contributed by atoms with E-state index in [1.54, 1.807) is 44.2 Å². The molecule has 0 atom stereocenters. The van der Waals surface area contributed by atoms with Crippen LogP contribution in [0.25, 0.3) is 33.8 Å². The Kier molecular flexibility index (Phi) is 6.34. The van der Waals surface area contributed by atoms with Gasteiger partial charge in [0, 0.05) is 16.5 Å². The van der Waals surface area contributed by atoms with Gasteiger partial charge >= 0.3 is 6.09 Å². The highest BCUT2D eigenvalue weighted by molar-refractivity contribution is 5.83. The Morgan fingerprint density at radius 2 is 1.89 bits per heavy atom. The summed E-state index contributed by atoms with van der Waals surface area (Å²) in [7, 11) is 0. The van der Waals surface area contributed by atoms with Gasteiger partial charge < -0.3 is 33.6 Å². The fourth-order valence-electron chi connectivity index (χ4n) is 4.00. The number of hydrogen-bond donors (Lipinski definition) is 2. The fourth-order valence-corrected chi connectivity index (χ4v) is 4.00. The molecule has 1 amide bonds.